The summed E-state index contributed by atoms with van der Waals surface area (Å²) in [7, 11) is 1.64. The minimum atomic E-state index is 0.0198. The van der Waals surface area contributed by atoms with Gasteiger partial charge in [-0.2, -0.15) is 0 Å². The van der Waals surface area contributed by atoms with Gasteiger partial charge in [-0.15, -0.1) is 0 Å². The first-order valence-electron chi connectivity index (χ1n) is 11.2. The number of rotatable bonds is 7. The van der Waals surface area contributed by atoms with E-state index in [9.17, 15) is 4.79 Å². The fourth-order valence-electron chi connectivity index (χ4n) is 4.42. The van der Waals surface area contributed by atoms with E-state index in [1.807, 2.05) is 71.6 Å². The summed E-state index contributed by atoms with van der Waals surface area (Å²) in [6.45, 7) is 3.86. The molecule has 2 heterocycles. The Hall–Kier alpha value is -3.80. The Morgan fingerprint density at radius 2 is 1.70 bits per heavy atom. The molecular formula is C27H27N3O3. The molecule has 4 aromatic rings. The lowest BCUT2D eigenvalue weighted by Crippen LogP contribution is -2.24. The fraction of sp³-hybridized carbons (Fsp3) is 0.259. The van der Waals surface area contributed by atoms with Crippen molar-refractivity contribution in [3.05, 3.63) is 84.2 Å². The molecule has 3 aromatic carbocycles. The highest BCUT2D eigenvalue weighted by Gasteiger charge is 2.34. The number of nitrogens with zero attached hydrogens (tertiary/aromatic N) is 3. The van der Waals surface area contributed by atoms with Crippen LogP contribution in [0.25, 0.3) is 11.0 Å². The molecule has 1 atom stereocenters. The van der Waals surface area contributed by atoms with Gasteiger partial charge < -0.3 is 18.9 Å². The largest absolute Gasteiger partial charge is 0.497 e. The van der Waals surface area contributed by atoms with E-state index in [1.165, 1.54) is 5.56 Å². The van der Waals surface area contributed by atoms with Gasteiger partial charge in [0.2, 0.25) is 5.91 Å². The molecule has 1 saturated heterocycles. The molecular weight excluding hydrogens is 414 g/mol. The third kappa shape index (κ3) is 4.29. The standard InChI is InChI=1S/C27H27N3O3/c1-19-7-11-23(12-8-19)33-16-15-29-25-6-4-3-5-24(25)28-27(29)20-17-26(31)30(18-20)21-9-13-22(32-2)14-10-21/h3-14,20H,15-18H2,1-2H3/t20-/m0/s1. The molecule has 5 rings (SSSR count). The quantitative estimate of drug-likeness (QED) is 0.407. The summed E-state index contributed by atoms with van der Waals surface area (Å²) in [5, 5.41) is 0. The second kappa shape index (κ2) is 8.98. The van der Waals surface area contributed by atoms with Crippen molar-refractivity contribution in [3.63, 3.8) is 0 Å². The first-order valence-corrected chi connectivity index (χ1v) is 11.2. The van der Waals surface area contributed by atoms with Crippen LogP contribution < -0.4 is 14.4 Å². The number of imidazole rings is 1. The van der Waals surface area contributed by atoms with Gasteiger partial charge in [0.25, 0.3) is 0 Å². The molecule has 168 valence electrons. The number of aromatic nitrogens is 2. The van der Waals surface area contributed by atoms with Crippen LogP contribution in [0.1, 0.15) is 23.7 Å². The van der Waals surface area contributed by atoms with E-state index in [1.54, 1.807) is 7.11 Å². The SMILES string of the molecule is COc1ccc(N2C[C@@H](c3nc4ccccc4n3CCOc3ccc(C)cc3)CC2=O)cc1. The number of fused-ring (bicyclic) bond motifs is 1. The summed E-state index contributed by atoms with van der Waals surface area (Å²) < 4.78 is 13.4. The van der Waals surface area contributed by atoms with Gasteiger partial charge in [-0.25, -0.2) is 4.98 Å². The Balaban J connectivity index is 1.38. The lowest BCUT2D eigenvalue weighted by atomic mass is 10.1. The van der Waals surface area contributed by atoms with Gasteiger partial charge in [-0.3, -0.25) is 4.79 Å². The Labute approximate surface area is 193 Å². The number of methoxy groups -OCH3 is 1. The summed E-state index contributed by atoms with van der Waals surface area (Å²) in [6.07, 6.45) is 0.439. The van der Waals surface area contributed by atoms with Gasteiger partial charge in [-0.05, 0) is 55.5 Å². The van der Waals surface area contributed by atoms with Crippen LogP contribution in [-0.2, 0) is 11.3 Å². The second-order valence-electron chi connectivity index (χ2n) is 8.38. The van der Waals surface area contributed by atoms with E-state index in [-0.39, 0.29) is 11.8 Å². The van der Waals surface area contributed by atoms with Gasteiger partial charge in [-0.1, -0.05) is 29.8 Å². The topological polar surface area (TPSA) is 56.6 Å². The molecule has 0 radical (unpaired) electrons. The van der Waals surface area contributed by atoms with Crippen LogP contribution in [0.5, 0.6) is 11.5 Å². The zero-order chi connectivity index (χ0) is 22.8. The maximum absolute atomic E-state index is 12.9. The summed E-state index contributed by atoms with van der Waals surface area (Å²) in [6, 6.07) is 23.8. The van der Waals surface area contributed by atoms with Crippen LogP contribution in [0.15, 0.2) is 72.8 Å². The van der Waals surface area contributed by atoms with Gasteiger partial charge in [0.1, 0.15) is 23.9 Å². The van der Waals surface area contributed by atoms with Gasteiger partial charge in [0.05, 0.1) is 24.7 Å². The summed E-state index contributed by atoms with van der Waals surface area (Å²) in [5.74, 6) is 2.70. The van der Waals surface area contributed by atoms with Crippen LogP contribution in [0.2, 0.25) is 0 Å². The van der Waals surface area contributed by atoms with Gasteiger partial charge in [0, 0.05) is 24.6 Å². The molecule has 1 aromatic heterocycles. The van der Waals surface area contributed by atoms with Crippen molar-refractivity contribution in [1.29, 1.82) is 0 Å². The van der Waals surface area contributed by atoms with Crippen LogP contribution in [0, 0.1) is 6.92 Å². The third-order valence-corrected chi connectivity index (χ3v) is 6.16. The van der Waals surface area contributed by atoms with Gasteiger partial charge >= 0.3 is 0 Å². The first-order chi connectivity index (χ1) is 16.1. The molecule has 1 fully saturated rings. The van der Waals surface area contributed by atoms with Crippen molar-refractivity contribution in [1.82, 2.24) is 9.55 Å². The smallest absolute Gasteiger partial charge is 0.227 e. The first kappa shape index (κ1) is 21.1. The minimum Gasteiger partial charge on any atom is -0.497 e. The van der Waals surface area contributed by atoms with E-state index in [4.69, 9.17) is 14.5 Å². The van der Waals surface area contributed by atoms with E-state index < -0.39 is 0 Å². The van der Waals surface area contributed by atoms with Crippen LogP contribution in [-0.4, -0.2) is 35.7 Å². The molecule has 6 nitrogen and oxygen atoms in total. The number of carbonyl (C=O) groups is 1. The molecule has 0 saturated carbocycles. The predicted molar refractivity (Wildman–Crippen MR) is 129 cm³/mol. The van der Waals surface area contributed by atoms with Crippen LogP contribution >= 0.6 is 0 Å². The van der Waals surface area contributed by atoms with Crippen molar-refractivity contribution in [2.75, 3.05) is 25.2 Å². The van der Waals surface area contributed by atoms with Gasteiger partial charge in [0.15, 0.2) is 0 Å². The monoisotopic (exact) mass is 441 g/mol. The Bertz CT molecular complexity index is 1260. The van der Waals surface area contributed by atoms with E-state index in [2.05, 4.69) is 17.6 Å². The molecule has 6 heteroatoms. The zero-order valence-electron chi connectivity index (χ0n) is 18.9. The normalized spacial score (nSPS) is 15.9. The third-order valence-electron chi connectivity index (χ3n) is 6.16. The zero-order valence-corrected chi connectivity index (χ0v) is 18.9. The average molecular weight is 442 g/mol. The maximum atomic E-state index is 12.9. The highest BCUT2D eigenvalue weighted by molar-refractivity contribution is 5.96. The Morgan fingerprint density at radius 3 is 2.45 bits per heavy atom. The van der Waals surface area contributed by atoms with E-state index in [0.29, 0.717) is 26.1 Å². The van der Waals surface area contributed by atoms with Crippen LogP contribution in [0.3, 0.4) is 0 Å². The van der Waals surface area contributed by atoms with Crippen molar-refractivity contribution in [2.24, 2.45) is 0 Å². The predicted octanol–water partition coefficient (Wildman–Crippen LogP) is 4.95. The number of benzene rings is 3. The van der Waals surface area contributed by atoms with Crippen molar-refractivity contribution in [2.45, 2.75) is 25.8 Å². The summed E-state index contributed by atoms with van der Waals surface area (Å²) in [5.41, 5.74) is 4.10. The number of anilines is 1. The van der Waals surface area contributed by atoms with Crippen molar-refractivity contribution in [3.8, 4) is 11.5 Å². The number of para-hydroxylation sites is 2. The highest BCUT2D eigenvalue weighted by atomic mass is 16.5. The van der Waals surface area contributed by atoms with Crippen LogP contribution in [0.4, 0.5) is 5.69 Å². The number of ether oxygens (including phenoxy) is 2. The minimum absolute atomic E-state index is 0.0198. The number of amides is 1. The second-order valence-corrected chi connectivity index (χ2v) is 8.38. The molecule has 0 aliphatic carbocycles. The lowest BCUT2D eigenvalue weighted by Gasteiger charge is -2.18. The summed E-state index contributed by atoms with van der Waals surface area (Å²) >= 11 is 0. The molecule has 1 aliphatic heterocycles. The highest BCUT2D eigenvalue weighted by Crippen LogP contribution is 2.33. The average Bonchev–Trinajstić information content (AvgIpc) is 3.41. The fourth-order valence-corrected chi connectivity index (χ4v) is 4.42. The Kier molecular flexibility index (Phi) is 5.73. The van der Waals surface area contributed by atoms with E-state index >= 15 is 0 Å². The molecule has 0 N–H and O–H groups in total. The molecule has 1 amide bonds. The number of hydrogen-bond donors (Lipinski definition) is 0. The van der Waals surface area contributed by atoms with Crippen molar-refractivity contribution >= 4 is 22.6 Å². The number of hydrogen-bond acceptors (Lipinski definition) is 4. The molecule has 0 spiro atoms. The van der Waals surface area contributed by atoms with E-state index in [0.717, 1.165) is 34.0 Å². The molecule has 0 bridgehead atoms. The van der Waals surface area contributed by atoms with Crippen molar-refractivity contribution < 1.29 is 14.3 Å². The summed E-state index contributed by atoms with van der Waals surface area (Å²) in [4.78, 5) is 19.7. The number of aryl methyl sites for hydroxylation is 1. The molecule has 33 heavy (non-hydrogen) atoms. The number of carbonyl (C=O) groups excluding carboxylic acids is 1. The molecule has 1 aliphatic rings. The molecule has 0 unspecified atom stereocenters. The lowest BCUT2D eigenvalue weighted by molar-refractivity contribution is -0.117. The Morgan fingerprint density at radius 1 is 0.970 bits per heavy atom. The maximum Gasteiger partial charge on any atom is 0.227 e.